The number of benzene rings is 3. The first kappa shape index (κ1) is 20.6. The van der Waals surface area contributed by atoms with E-state index in [1.165, 1.54) is 12.1 Å². The quantitative estimate of drug-likeness (QED) is 0.435. The predicted octanol–water partition coefficient (Wildman–Crippen LogP) is 5.72. The van der Waals surface area contributed by atoms with E-state index in [2.05, 4.69) is 28.9 Å². The Morgan fingerprint density at radius 2 is 1.72 bits per heavy atom. The molecule has 5 rings (SSSR count). The van der Waals surface area contributed by atoms with Gasteiger partial charge < -0.3 is 15.6 Å². The Hall–Kier alpha value is -3.25. The lowest BCUT2D eigenvalue weighted by atomic mass is 9.96. The van der Waals surface area contributed by atoms with E-state index in [9.17, 15) is 8.78 Å². The molecule has 0 bridgehead atoms. The lowest BCUT2D eigenvalue weighted by molar-refractivity contribution is 0.501. The Morgan fingerprint density at radius 3 is 2.50 bits per heavy atom. The summed E-state index contributed by atoms with van der Waals surface area (Å²) in [5.74, 6) is -0.194. The van der Waals surface area contributed by atoms with Crippen LogP contribution in [0.15, 0.2) is 48.5 Å². The van der Waals surface area contributed by atoms with E-state index in [0.29, 0.717) is 5.56 Å². The van der Waals surface area contributed by atoms with Gasteiger partial charge >= 0.3 is 0 Å². The number of halogens is 2. The third-order valence-electron chi connectivity index (χ3n) is 6.29. The maximum Gasteiger partial charge on any atom is 0.140 e. The number of nitrogens with one attached hydrogen (secondary N) is 1. The first-order valence-corrected chi connectivity index (χ1v) is 11.0. The second kappa shape index (κ2) is 8.02. The zero-order valence-corrected chi connectivity index (χ0v) is 18.3. The molecule has 1 saturated heterocycles. The fourth-order valence-corrected chi connectivity index (χ4v) is 4.72. The Bertz CT molecular complexity index is 1300. The van der Waals surface area contributed by atoms with E-state index >= 15 is 0 Å². The van der Waals surface area contributed by atoms with Gasteiger partial charge in [-0.05, 0) is 68.1 Å². The van der Waals surface area contributed by atoms with Crippen LogP contribution in [-0.4, -0.2) is 29.1 Å². The fourth-order valence-electron chi connectivity index (χ4n) is 4.72. The molecule has 6 heteroatoms. The van der Waals surface area contributed by atoms with Crippen LogP contribution in [0.2, 0.25) is 0 Å². The molecule has 3 aromatic carbocycles. The molecule has 4 nitrogen and oxygen atoms in total. The molecule has 0 atom stereocenters. The largest absolute Gasteiger partial charge is 0.370 e. The van der Waals surface area contributed by atoms with Crippen LogP contribution in [0, 0.1) is 25.5 Å². The van der Waals surface area contributed by atoms with Crippen LogP contribution in [-0.2, 0) is 0 Å². The first-order chi connectivity index (χ1) is 15.4. The van der Waals surface area contributed by atoms with Crippen molar-refractivity contribution in [2.24, 2.45) is 5.73 Å². The van der Waals surface area contributed by atoms with Gasteiger partial charge in [-0.1, -0.05) is 18.2 Å². The van der Waals surface area contributed by atoms with Crippen molar-refractivity contribution in [3.8, 4) is 22.5 Å². The molecule has 1 fully saturated rings. The highest BCUT2D eigenvalue weighted by Gasteiger charge is 2.25. The third-order valence-corrected chi connectivity index (χ3v) is 6.29. The van der Waals surface area contributed by atoms with E-state index in [0.717, 1.165) is 71.2 Å². The van der Waals surface area contributed by atoms with Crippen molar-refractivity contribution in [1.29, 1.82) is 0 Å². The number of aryl methyl sites for hydroxylation is 2. The van der Waals surface area contributed by atoms with E-state index < -0.39 is 11.6 Å². The summed E-state index contributed by atoms with van der Waals surface area (Å²) in [5.41, 5.74) is 12.9. The monoisotopic (exact) mass is 432 g/mol. The highest BCUT2D eigenvalue weighted by molar-refractivity contribution is 5.92. The molecular formula is C26H26F2N4. The standard InChI is InChI=1S/C26H26F2N4/c1-15-12-16(2)24-23(13-15)30-26(31-24)20-5-3-4-19(21-14-17(27)6-7-22(21)28)25(20)32-10-8-18(29)9-11-32/h3-7,12-14,18H,8-11,29H2,1-2H3,(H,30,31). The SMILES string of the molecule is Cc1cc(C)c2nc(-c3cccc(-c4cc(F)ccc4F)c3N3CCC(N)CC3)[nH]c2c1. The number of para-hydroxylation sites is 1. The van der Waals surface area contributed by atoms with Crippen LogP contribution in [0.1, 0.15) is 24.0 Å². The molecule has 0 spiro atoms. The van der Waals surface area contributed by atoms with Gasteiger partial charge in [-0.2, -0.15) is 0 Å². The maximum absolute atomic E-state index is 14.8. The second-order valence-corrected chi connectivity index (χ2v) is 8.71. The van der Waals surface area contributed by atoms with Crippen molar-refractivity contribution in [2.75, 3.05) is 18.0 Å². The van der Waals surface area contributed by atoms with Crippen molar-refractivity contribution < 1.29 is 8.78 Å². The molecule has 0 amide bonds. The van der Waals surface area contributed by atoms with Gasteiger partial charge in [-0.3, -0.25) is 0 Å². The van der Waals surface area contributed by atoms with Crippen molar-refractivity contribution >= 4 is 16.7 Å². The fraction of sp³-hybridized carbons (Fsp3) is 0.269. The number of hydrogen-bond donors (Lipinski definition) is 2. The summed E-state index contributed by atoms with van der Waals surface area (Å²) in [6.45, 7) is 5.61. The van der Waals surface area contributed by atoms with Gasteiger partial charge in [0.05, 0.1) is 16.7 Å². The summed E-state index contributed by atoms with van der Waals surface area (Å²) < 4.78 is 28.9. The van der Waals surface area contributed by atoms with E-state index in [-0.39, 0.29) is 11.6 Å². The number of anilines is 1. The number of hydrogen-bond acceptors (Lipinski definition) is 3. The smallest absolute Gasteiger partial charge is 0.140 e. The molecular weight excluding hydrogens is 406 g/mol. The molecule has 32 heavy (non-hydrogen) atoms. The summed E-state index contributed by atoms with van der Waals surface area (Å²) in [7, 11) is 0. The average molecular weight is 433 g/mol. The molecule has 1 aliphatic rings. The molecule has 1 aliphatic heterocycles. The van der Waals surface area contributed by atoms with Crippen LogP contribution < -0.4 is 10.6 Å². The van der Waals surface area contributed by atoms with E-state index in [1.54, 1.807) is 0 Å². The molecule has 4 aromatic rings. The van der Waals surface area contributed by atoms with Crippen LogP contribution in [0.25, 0.3) is 33.5 Å². The van der Waals surface area contributed by atoms with E-state index in [4.69, 9.17) is 10.7 Å². The second-order valence-electron chi connectivity index (χ2n) is 8.71. The number of nitrogens with zero attached hydrogens (tertiary/aromatic N) is 2. The zero-order valence-electron chi connectivity index (χ0n) is 18.3. The zero-order chi connectivity index (χ0) is 22.4. The number of imidazole rings is 1. The number of piperidine rings is 1. The summed E-state index contributed by atoms with van der Waals surface area (Å²) in [6, 6.07) is 13.7. The van der Waals surface area contributed by atoms with Crippen molar-refractivity contribution in [3.63, 3.8) is 0 Å². The van der Waals surface area contributed by atoms with Gasteiger partial charge in [-0.15, -0.1) is 0 Å². The molecule has 0 unspecified atom stereocenters. The Morgan fingerprint density at radius 1 is 0.969 bits per heavy atom. The first-order valence-electron chi connectivity index (χ1n) is 11.0. The van der Waals surface area contributed by atoms with Crippen molar-refractivity contribution in [1.82, 2.24) is 9.97 Å². The molecule has 164 valence electrons. The number of rotatable bonds is 3. The highest BCUT2D eigenvalue weighted by atomic mass is 19.1. The normalized spacial score (nSPS) is 15.0. The van der Waals surface area contributed by atoms with E-state index in [1.807, 2.05) is 25.1 Å². The summed E-state index contributed by atoms with van der Waals surface area (Å²) >= 11 is 0. The Kier molecular flexibility index (Phi) is 5.18. The van der Waals surface area contributed by atoms with Crippen LogP contribution in [0.3, 0.4) is 0 Å². The molecule has 0 radical (unpaired) electrons. The number of aromatic nitrogens is 2. The van der Waals surface area contributed by atoms with Crippen molar-refractivity contribution in [3.05, 3.63) is 71.3 Å². The minimum absolute atomic E-state index is 0.157. The van der Waals surface area contributed by atoms with Crippen LogP contribution in [0.4, 0.5) is 14.5 Å². The number of H-pyrrole nitrogens is 1. The van der Waals surface area contributed by atoms with Gasteiger partial charge in [0.25, 0.3) is 0 Å². The number of nitrogens with two attached hydrogens (primary N) is 1. The summed E-state index contributed by atoms with van der Waals surface area (Å²) in [5, 5.41) is 0. The predicted molar refractivity (Wildman–Crippen MR) is 126 cm³/mol. The average Bonchev–Trinajstić information content (AvgIpc) is 3.20. The summed E-state index contributed by atoms with van der Waals surface area (Å²) in [4.78, 5) is 10.6. The minimum Gasteiger partial charge on any atom is -0.370 e. The van der Waals surface area contributed by atoms with Crippen LogP contribution >= 0.6 is 0 Å². The van der Waals surface area contributed by atoms with Gasteiger partial charge in [0.15, 0.2) is 0 Å². The Balaban J connectivity index is 1.74. The third kappa shape index (κ3) is 3.65. The summed E-state index contributed by atoms with van der Waals surface area (Å²) in [6.07, 6.45) is 1.69. The van der Waals surface area contributed by atoms with Gasteiger partial charge in [-0.25, -0.2) is 13.8 Å². The highest BCUT2D eigenvalue weighted by Crippen LogP contribution is 2.41. The molecule has 1 aromatic heterocycles. The van der Waals surface area contributed by atoms with Crippen LogP contribution in [0.5, 0.6) is 0 Å². The lowest BCUT2D eigenvalue weighted by Gasteiger charge is -2.34. The number of aromatic amines is 1. The molecule has 0 saturated carbocycles. The minimum atomic E-state index is -0.465. The maximum atomic E-state index is 14.8. The number of fused-ring (bicyclic) bond motifs is 1. The molecule has 2 heterocycles. The van der Waals surface area contributed by atoms with Gasteiger partial charge in [0, 0.05) is 35.8 Å². The molecule has 0 aliphatic carbocycles. The van der Waals surface area contributed by atoms with Gasteiger partial charge in [0.1, 0.15) is 17.5 Å². The Labute approximate surface area is 186 Å². The lowest BCUT2D eigenvalue weighted by Crippen LogP contribution is -2.40. The van der Waals surface area contributed by atoms with Gasteiger partial charge in [0.2, 0.25) is 0 Å². The van der Waals surface area contributed by atoms with Crippen molar-refractivity contribution in [2.45, 2.75) is 32.7 Å². The topological polar surface area (TPSA) is 57.9 Å². The molecule has 3 N–H and O–H groups in total.